The van der Waals surface area contributed by atoms with Gasteiger partial charge in [0, 0.05) is 17.7 Å². The van der Waals surface area contributed by atoms with E-state index in [9.17, 15) is 14.0 Å². The minimum absolute atomic E-state index is 0.120. The number of methoxy groups -OCH3 is 1. The SMILES string of the molecule is CCOC(=O)C=Cc1cc(OC)c(NC(=O)OC(C)(C)C)cc1F. The van der Waals surface area contributed by atoms with Gasteiger partial charge in [-0.15, -0.1) is 0 Å². The lowest BCUT2D eigenvalue weighted by Crippen LogP contribution is -2.27. The number of benzene rings is 1. The fraction of sp³-hybridized carbons (Fsp3) is 0.412. The van der Waals surface area contributed by atoms with E-state index in [1.54, 1.807) is 27.7 Å². The summed E-state index contributed by atoms with van der Waals surface area (Å²) in [6, 6.07) is 2.45. The molecule has 0 atom stereocenters. The normalized spacial score (nSPS) is 11.2. The van der Waals surface area contributed by atoms with Crippen molar-refractivity contribution in [2.75, 3.05) is 19.0 Å². The van der Waals surface area contributed by atoms with Gasteiger partial charge in [0.1, 0.15) is 17.2 Å². The standard InChI is InChI=1S/C17H22FNO5/c1-6-23-15(20)8-7-11-9-14(22-5)13(10-12(11)18)19-16(21)24-17(2,3)4/h7-10H,6H2,1-5H3,(H,19,21). The first-order valence-electron chi connectivity index (χ1n) is 7.38. The van der Waals surface area contributed by atoms with E-state index in [-0.39, 0.29) is 23.6 Å². The number of ether oxygens (including phenoxy) is 3. The monoisotopic (exact) mass is 339 g/mol. The van der Waals surface area contributed by atoms with Gasteiger partial charge >= 0.3 is 12.1 Å². The summed E-state index contributed by atoms with van der Waals surface area (Å²) >= 11 is 0. The third-order valence-corrected chi connectivity index (χ3v) is 2.64. The number of carbonyl (C=O) groups is 2. The molecule has 1 N–H and O–H groups in total. The lowest BCUT2D eigenvalue weighted by Gasteiger charge is -2.20. The van der Waals surface area contributed by atoms with Gasteiger partial charge in [-0.05, 0) is 39.8 Å². The average molecular weight is 339 g/mol. The first-order chi connectivity index (χ1) is 11.2. The zero-order valence-corrected chi connectivity index (χ0v) is 14.4. The van der Waals surface area contributed by atoms with E-state index in [1.807, 2.05) is 0 Å². The Morgan fingerprint density at radius 2 is 1.96 bits per heavy atom. The minimum atomic E-state index is -0.727. The Hall–Kier alpha value is -2.57. The van der Waals surface area contributed by atoms with Gasteiger partial charge in [0.05, 0.1) is 19.4 Å². The Labute approximate surface area is 140 Å². The Kier molecular flexibility index (Phi) is 6.76. The van der Waals surface area contributed by atoms with E-state index >= 15 is 0 Å². The van der Waals surface area contributed by atoms with E-state index in [2.05, 4.69) is 5.32 Å². The van der Waals surface area contributed by atoms with E-state index in [0.717, 1.165) is 12.1 Å². The highest BCUT2D eigenvalue weighted by molar-refractivity contribution is 5.89. The van der Waals surface area contributed by atoms with Gasteiger partial charge in [-0.3, -0.25) is 5.32 Å². The molecule has 132 valence electrons. The number of carbonyl (C=O) groups excluding carboxylic acids is 2. The second kappa shape index (κ2) is 8.33. The molecule has 0 saturated heterocycles. The first-order valence-corrected chi connectivity index (χ1v) is 7.38. The summed E-state index contributed by atoms with van der Waals surface area (Å²) in [6.07, 6.45) is 1.66. The molecular formula is C17H22FNO5. The summed E-state index contributed by atoms with van der Waals surface area (Å²) in [4.78, 5) is 23.1. The molecule has 0 bridgehead atoms. The van der Waals surface area contributed by atoms with E-state index in [4.69, 9.17) is 14.2 Å². The number of anilines is 1. The van der Waals surface area contributed by atoms with Crippen LogP contribution in [-0.4, -0.2) is 31.4 Å². The zero-order chi connectivity index (χ0) is 18.3. The second-order valence-electron chi connectivity index (χ2n) is 5.79. The number of hydrogen-bond acceptors (Lipinski definition) is 5. The minimum Gasteiger partial charge on any atom is -0.495 e. The van der Waals surface area contributed by atoms with Crippen LogP contribution in [0.15, 0.2) is 18.2 Å². The maximum atomic E-state index is 14.1. The van der Waals surface area contributed by atoms with Crippen molar-refractivity contribution >= 4 is 23.8 Å². The lowest BCUT2D eigenvalue weighted by atomic mass is 10.1. The fourth-order valence-electron chi connectivity index (χ4n) is 1.73. The van der Waals surface area contributed by atoms with Crippen molar-refractivity contribution in [1.82, 2.24) is 0 Å². The Balaban J connectivity index is 2.99. The Bertz CT molecular complexity index is 635. The number of hydrogen-bond donors (Lipinski definition) is 1. The molecule has 24 heavy (non-hydrogen) atoms. The molecule has 0 saturated carbocycles. The largest absolute Gasteiger partial charge is 0.495 e. The number of halogens is 1. The van der Waals surface area contributed by atoms with Crippen LogP contribution >= 0.6 is 0 Å². The third kappa shape index (κ3) is 6.28. The molecule has 0 spiro atoms. The molecule has 0 aliphatic rings. The number of esters is 1. The Morgan fingerprint density at radius 1 is 1.29 bits per heavy atom. The predicted molar refractivity (Wildman–Crippen MR) is 88.5 cm³/mol. The summed E-state index contributed by atoms with van der Waals surface area (Å²) in [5, 5.41) is 2.43. The van der Waals surface area contributed by atoms with Gasteiger partial charge < -0.3 is 14.2 Å². The summed E-state index contributed by atoms with van der Waals surface area (Å²) in [7, 11) is 1.38. The molecule has 0 fully saturated rings. The molecule has 0 aliphatic heterocycles. The Morgan fingerprint density at radius 3 is 2.50 bits per heavy atom. The second-order valence-corrected chi connectivity index (χ2v) is 5.79. The van der Waals surface area contributed by atoms with E-state index < -0.39 is 23.5 Å². The maximum Gasteiger partial charge on any atom is 0.412 e. The fourth-order valence-corrected chi connectivity index (χ4v) is 1.73. The summed E-state index contributed by atoms with van der Waals surface area (Å²) in [5.41, 5.74) is -0.440. The molecule has 6 nitrogen and oxygen atoms in total. The van der Waals surface area contributed by atoms with Crippen molar-refractivity contribution in [3.8, 4) is 5.75 Å². The molecular weight excluding hydrogens is 317 g/mol. The molecule has 0 radical (unpaired) electrons. The number of amides is 1. The topological polar surface area (TPSA) is 73.9 Å². The van der Waals surface area contributed by atoms with Gasteiger partial charge in [-0.25, -0.2) is 14.0 Å². The van der Waals surface area contributed by atoms with E-state index in [1.165, 1.54) is 19.3 Å². The molecule has 7 heteroatoms. The van der Waals surface area contributed by atoms with Crippen molar-refractivity contribution in [3.63, 3.8) is 0 Å². The van der Waals surface area contributed by atoms with Crippen molar-refractivity contribution < 1.29 is 28.2 Å². The van der Waals surface area contributed by atoms with Gasteiger partial charge in [-0.1, -0.05) is 0 Å². The van der Waals surface area contributed by atoms with Crippen molar-refractivity contribution in [3.05, 3.63) is 29.6 Å². The van der Waals surface area contributed by atoms with Gasteiger partial charge in [0.2, 0.25) is 0 Å². The van der Waals surface area contributed by atoms with Crippen molar-refractivity contribution in [2.24, 2.45) is 0 Å². The molecule has 0 aromatic heterocycles. The molecule has 0 unspecified atom stereocenters. The maximum absolute atomic E-state index is 14.1. The molecule has 1 amide bonds. The van der Waals surface area contributed by atoms with Crippen LogP contribution in [0.2, 0.25) is 0 Å². The van der Waals surface area contributed by atoms with Crippen LogP contribution in [0.1, 0.15) is 33.3 Å². The van der Waals surface area contributed by atoms with Crippen LogP contribution < -0.4 is 10.1 Å². The summed E-state index contributed by atoms with van der Waals surface area (Å²) in [6.45, 7) is 7.05. The van der Waals surface area contributed by atoms with Crippen molar-refractivity contribution in [1.29, 1.82) is 0 Å². The summed E-state index contributed by atoms with van der Waals surface area (Å²) < 4.78 is 29.1. The molecule has 1 rings (SSSR count). The van der Waals surface area contributed by atoms with Crippen LogP contribution in [-0.2, 0) is 14.3 Å². The van der Waals surface area contributed by atoms with Crippen LogP contribution in [0.3, 0.4) is 0 Å². The van der Waals surface area contributed by atoms with Gasteiger partial charge in [0.25, 0.3) is 0 Å². The smallest absolute Gasteiger partial charge is 0.412 e. The van der Waals surface area contributed by atoms with Crippen molar-refractivity contribution in [2.45, 2.75) is 33.3 Å². The summed E-state index contributed by atoms with van der Waals surface area (Å²) in [5.74, 6) is -0.986. The first kappa shape index (κ1) is 19.5. The highest BCUT2D eigenvalue weighted by Gasteiger charge is 2.18. The highest BCUT2D eigenvalue weighted by Crippen LogP contribution is 2.29. The average Bonchev–Trinajstić information content (AvgIpc) is 2.44. The van der Waals surface area contributed by atoms with Gasteiger partial charge in [-0.2, -0.15) is 0 Å². The number of nitrogens with one attached hydrogen (secondary N) is 1. The molecule has 0 heterocycles. The zero-order valence-electron chi connectivity index (χ0n) is 14.4. The van der Waals surface area contributed by atoms with Crippen LogP contribution in [0.5, 0.6) is 5.75 Å². The van der Waals surface area contributed by atoms with E-state index in [0.29, 0.717) is 0 Å². The third-order valence-electron chi connectivity index (χ3n) is 2.64. The lowest BCUT2D eigenvalue weighted by molar-refractivity contribution is -0.137. The van der Waals surface area contributed by atoms with Crippen LogP contribution in [0.4, 0.5) is 14.9 Å². The highest BCUT2D eigenvalue weighted by atomic mass is 19.1. The number of rotatable bonds is 5. The quantitative estimate of drug-likeness (QED) is 0.653. The molecule has 1 aromatic carbocycles. The molecule has 1 aromatic rings. The van der Waals surface area contributed by atoms with Gasteiger partial charge in [0.15, 0.2) is 0 Å². The molecule has 0 aliphatic carbocycles. The van der Waals surface area contributed by atoms with Crippen LogP contribution in [0, 0.1) is 5.82 Å². The predicted octanol–water partition coefficient (Wildman–Crippen LogP) is 3.76. The van der Waals surface area contributed by atoms with Crippen LogP contribution in [0.25, 0.3) is 6.08 Å².